The molecule has 0 fully saturated rings. The summed E-state index contributed by atoms with van der Waals surface area (Å²) in [4.78, 5) is 12.9. The SMILES string of the molecule is CCCCCCCCOc1cc2c(c3ccccc13)-c1ccccc1C2=O. The summed E-state index contributed by atoms with van der Waals surface area (Å²) in [6.07, 6.45) is 7.44. The summed E-state index contributed by atoms with van der Waals surface area (Å²) in [7, 11) is 0. The van der Waals surface area contributed by atoms with Crippen LogP contribution in [0, 0.1) is 0 Å². The monoisotopic (exact) mass is 358 g/mol. The van der Waals surface area contributed by atoms with Crippen LogP contribution in [0.5, 0.6) is 5.75 Å². The lowest BCUT2D eigenvalue weighted by Gasteiger charge is -2.13. The molecule has 1 aliphatic carbocycles. The first kappa shape index (κ1) is 17.8. The summed E-state index contributed by atoms with van der Waals surface area (Å²) >= 11 is 0. The smallest absolute Gasteiger partial charge is 0.194 e. The van der Waals surface area contributed by atoms with Gasteiger partial charge in [-0.1, -0.05) is 87.6 Å². The van der Waals surface area contributed by atoms with Gasteiger partial charge in [0.25, 0.3) is 0 Å². The van der Waals surface area contributed by atoms with E-state index in [1.54, 1.807) is 0 Å². The van der Waals surface area contributed by atoms with Crippen LogP contribution in [0.15, 0.2) is 54.6 Å². The molecule has 0 spiro atoms. The number of benzene rings is 3. The maximum absolute atomic E-state index is 12.9. The van der Waals surface area contributed by atoms with Crippen LogP contribution in [0.4, 0.5) is 0 Å². The number of carbonyl (C=O) groups excluding carboxylic acids is 1. The van der Waals surface area contributed by atoms with Crippen LogP contribution in [-0.4, -0.2) is 12.4 Å². The molecule has 3 aromatic carbocycles. The molecule has 2 nitrogen and oxygen atoms in total. The minimum absolute atomic E-state index is 0.107. The third-order valence-electron chi connectivity index (χ3n) is 5.45. The van der Waals surface area contributed by atoms with E-state index in [4.69, 9.17) is 4.74 Å². The second-order valence-electron chi connectivity index (χ2n) is 7.33. The van der Waals surface area contributed by atoms with Gasteiger partial charge in [0.15, 0.2) is 5.78 Å². The lowest BCUT2D eigenvalue weighted by Crippen LogP contribution is -2.01. The number of fused-ring (bicyclic) bond motifs is 5. The van der Waals surface area contributed by atoms with Crippen molar-refractivity contribution in [3.05, 3.63) is 65.7 Å². The molecule has 0 atom stereocenters. The number of rotatable bonds is 8. The van der Waals surface area contributed by atoms with Crippen molar-refractivity contribution >= 4 is 16.6 Å². The fourth-order valence-corrected chi connectivity index (χ4v) is 4.04. The van der Waals surface area contributed by atoms with Crippen LogP contribution in [0.2, 0.25) is 0 Å². The van der Waals surface area contributed by atoms with Gasteiger partial charge in [-0.05, 0) is 23.4 Å². The molecule has 3 aromatic rings. The van der Waals surface area contributed by atoms with Gasteiger partial charge < -0.3 is 4.74 Å². The summed E-state index contributed by atoms with van der Waals surface area (Å²) < 4.78 is 6.15. The number of ketones is 1. The standard InChI is InChI=1S/C25H26O2/c1-2-3-4-5-6-11-16-27-23-17-22-24(19-13-8-7-12-18(19)23)20-14-9-10-15-21(20)25(22)26/h7-10,12-15,17H,2-6,11,16H2,1H3. The first-order chi connectivity index (χ1) is 13.3. The molecule has 27 heavy (non-hydrogen) atoms. The number of ether oxygens (including phenoxy) is 1. The summed E-state index contributed by atoms with van der Waals surface area (Å²) in [5, 5.41) is 2.19. The van der Waals surface area contributed by atoms with E-state index in [-0.39, 0.29) is 5.78 Å². The molecule has 2 heteroatoms. The Morgan fingerprint density at radius 1 is 0.741 bits per heavy atom. The van der Waals surface area contributed by atoms with Crippen molar-refractivity contribution in [1.29, 1.82) is 0 Å². The Hall–Kier alpha value is -2.61. The number of hydrogen-bond donors (Lipinski definition) is 0. The van der Waals surface area contributed by atoms with Crippen LogP contribution < -0.4 is 4.74 Å². The molecule has 0 saturated carbocycles. The van der Waals surface area contributed by atoms with Crippen molar-refractivity contribution < 1.29 is 9.53 Å². The van der Waals surface area contributed by atoms with E-state index < -0.39 is 0 Å². The lowest BCUT2D eigenvalue weighted by molar-refractivity contribution is 0.104. The van der Waals surface area contributed by atoms with Crippen molar-refractivity contribution in [1.82, 2.24) is 0 Å². The van der Waals surface area contributed by atoms with Gasteiger partial charge in [-0.3, -0.25) is 4.79 Å². The maximum atomic E-state index is 12.9. The Balaban J connectivity index is 1.60. The van der Waals surface area contributed by atoms with Crippen molar-refractivity contribution in [3.63, 3.8) is 0 Å². The summed E-state index contributed by atoms with van der Waals surface area (Å²) in [5.41, 5.74) is 3.66. The Kier molecular flexibility index (Phi) is 5.24. The topological polar surface area (TPSA) is 26.3 Å². The van der Waals surface area contributed by atoms with Crippen LogP contribution in [-0.2, 0) is 0 Å². The first-order valence-electron chi connectivity index (χ1n) is 10.1. The predicted octanol–water partition coefficient (Wildman–Crippen LogP) is 6.79. The second kappa shape index (κ2) is 7.96. The minimum Gasteiger partial charge on any atom is -0.493 e. The van der Waals surface area contributed by atoms with Crippen LogP contribution in [0.25, 0.3) is 21.9 Å². The summed E-state index contributed by atoms with van der Waals surface area (Å²) in [6, 6.07) is 18.1. The first-order valence-corrected chi connectivity index (χ1v) is 10.1. The largest absolute Gasteiger partial charge is 0.493 e. The van der Waals surface area contributed by atoms with Gasteiger partial charge in [0.1, 0.15) is 5.75 Å². The molecule has 4 rings (SSSR count). The molecule has 0 heterocycles. The van der Waals surface area contributed by atoms with Crippen LogP contribution in [0.3, 0.4) is 0 Å². The van der Waals surface area contributed by atoms with Gasteiger partial charge in [-0.2, -0.15) is 0 Å². The molecule has 0 bridgehead atoms. The van der Waals surface area contributed by atoms with Crippen molar-refractivity contribution in [3.8, 4) is 16.9 Å². The Bertz CT molecular complexity index is 971. The minimum atomic E-state index is 0.107. The van der Waals surface area contributed by atoms with E-state index in [1.807, 2.05) is 42.5 Å². The van der Waals surface area contributed by atoms with Gasteiger partial charge >= 0.3 is 0 Å². The van der Waals surface area contributed by atoms with E-state index in [1.165, 1.54) is 32.1 Å². The molecule has 0 aliphatic heterocycles. The highest BCUT2D eigenvalue weighted by molar-refractivity contribution is 6.26. The molecule has 0 radical (unpaired) electrons. The van der Waals surface area contributed by atoms with Crippen molar-refractivity contribution in [2.45, 2.75) is 45.4 Å². The zero-order valence-corrected chi connectivity index (χ0v) is 16.0. The Labute approximate surface area is 161 Å². The van der Waals surface area contributed by atoms with Gasteiger partial charge in [0.05, 0.1) is 6.61 Å². The Morgan fingerprint density at radius 3 is 2.22 bits per heavy atom. The van der Waals surface area contributed by atoms with Gasteiger partial charge in [-0.25, -0.2) is 0 Å². The highest BCUT2D eigenvalue weighted by Crippen LogP contribution is 2.44. The molecule has 0 amide bonds. The average molecular weight is 358 g/mol. The Morgan fingerprint density at radius 2 is 1.41 bits per heavy atom. The molecule has 138 valence electrons. The molecular formula is C25H26O2. The fraction of sp³-hybridized carbons (Fsp3) is 0.320. The molecule has 0 unspecified atom stereocenters. The number of carbonyl (C=O) groups is 1. The van der Waals surface area contributed by atoms with Crippen molar-refractivity contribution in [2.75, 3.05) is 6.61 Å². The molecular weight excluding hydrogens is 332 g/mol. The summed E-state index contributed by atoms with van der Waals surface area (Å²) in [5.74, 6) is 0.940. The molecule has 0 N–H and O–H groups in total. The lowest BCUT2D eigenvalue weighted by atomic mass is 9.97. The number of unbranched alkanes of at least 4 members (excludes halogenated alkanes) is 5. The van der Waals surface area contributed by atoms with Gasteiger partial charge in [0, 0.05) is 22.1 Å². The highest BCUT2D eigenvalue weighted by atomic mass is 16.5. The van der Waals surface area contributed by atoms with E-state index in [0.29, 0.717) is 6.61 Å². The molecule has 0 aromatic heterocycles. The zero-order chi connectivity index (χ0) is 18.6. The van der Waals surface area contributed by atoms with Crippen LogP contribution >= 0.6 is 0 Å². The van der Waals surface area contributed by atoms with E-state index in [9.17, 15) is 4.79 Å². The third-order valence-corrected chi connectivity index (χ3v) is 5.45. The predicted molar refractivity (Wildman–Crippen MR) is 112 cm³/mol. The van der Waals surface area contributed by atoms with Crippen LogP contribution in [0.1, 0.15) is 61.4 Å². The maximum Gasteiger partial charge on any atom is 0.194 e. The zero-order valence-electron chi connectivity index (χ0n) is 16.0. The normalized spacial score (nSPS) is 12.3. The highest BCUT2D eigenvalue weighted by Gasteiger charge is 2.29. The molecule has 1 aliphatic rings. The third kappa shape index (κ3) is 3.37. The quantitative estimate of drug-likeness (QED) is 0.324. The number of hydrogen-bond acceptors (Lipinski definition) is 2. The van der Waals surface area contributed by atoms with Gasteiger partial charge in [-0.15, -0.1) is 0 Å². The average Bonchev–Trinajstić information content (AvgIpc) is 3.00. The van der Waals surface area contributed by atoms with E-state index >= 15 is 0 Å². The van der Waals surface area contributed by atoms with Crippen molar-refractivity contribution in [2.24, 2.45) is 0 Å². The second-order valence-corrected chi connectivity index (χ2v) is 7.33. The van der Waals surface area contributed by atoms with E-state index in [0.717, 1.165) is 45.2 Å². The van der Waals surface area contributed by atoms with Gasteiger partial charge in [0.2, 0.25) is 0 Å². The van der Waals surface area contributed by atoms with E-state index in [2.05, 4.69) is 19.1 Å². The summed E-state index contributed by atoms with van der Waals surface area (Å²) in [6.45, 7) is 2.94. The molecule has 0 saturated heterocycles. The fourth-order valence-electron chi connectivity index (χ4n) is 4.04.